The number of nitrogens with one attached hydrogen (secondary N) is 2. The molecular formula is C18H17ClN4OS. The number of rotatable bonds is 5. The summed E-state index contributed by atoms with van der Waals surface area (Å²) in [5.41, 5.74) is 1.80. The van der Waals surface area contributed by atoms with E-state index < -0.39 is 0 Å². The van der Waals surface area contributed by atoms with Gasteiger partial charge in [0.2, 0.25) is 0 Å². The van der Waals surface area contributed by atoms with Crippen LogP contribution in [0.15, 0.2) is 60.8 Å². The first-order valence-corrected chi connectivity index (χ1v) is 8.42. The molecule has 0 aliphatic carbocycles. The van der Waals surface area contributed by atoms with E-state index in [0.717, 1.165) is 22.0 Å². The Morgan fingerprint density at radius 2 is 1.88 bits per heavy atom. The van der Waals surface area contributed by atoms with Crippen LogP contribution in [0, 0.1) is 0 Å². The van der Waals surface area contributed by atoms with Crippen LogP contribution < -0.4 is 15.4 Å². The van der Waals surface area contributed by atoms with Crippen LogP contribution in [0.1, 0.15) is 5.56 Å². The van der Waals surface area contributed by atoms with Crippen LogP contribution in [-0.2, 0) is 6.54 Å². The first kappa shape index (κ1) is 17.3. The topological polar surface area (TPSA) is 51.1 Å². The summed E-state index contributed by atoms with van der Waals surface area (Å²) < 4.78 is 7.10. The summed E-state index contributed by atoms with van der Waals surface area (Å²) in [5.74, 6) is 1.37. The van der Waals surface area contributed by atoms with Crippen molar-refractivity contribution in [2.75, 3.05) is 17.7 Å². The van der Waals surface area contributed by atoms with E-state index in [4.69, 9.17) is 28.6 Å². The molecule has 0 unspecified atom stereocenters. The van der Waals surface area contributed by atoms with Crippen LogP contribution in [0.2, 0.25) is 5.02 Å². The Bertz CT molecular complexity index is 881. The summed E-state index contributed by atoms with van der Waals surface area (Å²) in [6.45, 7) is 0.591. The lowest BCUT2D eigenvalue weighted by molar-refractivity contribution is 0.417. The van der Waals surface area contributed by atoms with Crippen LogP contribution in [0.4, 0.5) is 11.5 Å². The van der Waals surface area contributed by atoms with Crippen molar-refractivity contribution >= 4 is 40.4 Å². The molecule has 0 aliphatic rings. The van der Waals surface area contributed by atoms with Crippen molar-refractivity contribution in [3.63, 3.8) is 0 Å². The van der Waals surface area contributed by atoms with Gasteiger partial charge in [0, 0.05) is 17.3 Å². The van der Waals surface area contributed by atoms with Gasteiger partial charge in [-0.1, -0.05) is 41.9 Å². The van der Waals surface area contributed by atoms with Crippen molar-refractivity contribution in [1.29, 1.82) is 0 Å². The van der Waals surface area contributed by atoms with E-state index in [2.05, 4.69) is 15.7 Å². The van der Waals surface area contributed by atoms with Crippen molar-refractivity contribution in [2.45, 2.75) is 6.54 Å². The van der Waals surface area contributed by atoms with E-state index in [1.54, 1.807) is 11.8 Å². The molecule has 0 aliphatic heterocycles. The smallest absolute Gasteiger partial charge is 0.176 e. The fourth-order valence-electron chi connectivity index (χ4n) is 2.34. The number of benzene rings is 2. The number of halogens is 1. The Labute approximate surface area is 156 Å². The largest absolute Gasteiger partial charge is 0.495 e. The Balaban J connectivity index is 1.63. The zero-order valence-corrected chi connectivity index (χ0v) is 15.1. The van der Waals surface area contributed by atoms with Crippen LogP contribution in [0.3, 0.4) is 0 Å². The maximum atomic E-state index is 6.18. The molecule has 0 fully saturated rings. The SMILES string of the molecule is COc1ccccc1NC(=S)Nc1ccn(Cc2ccccc2Cl)n1. The second-order valence-corrected chi connectivity index (χ2v) is 6.08. The number of aromatic nitrogens is 2. The number of anilines is 2. The molecular weight excluding hydrogens is 356 g/mol. The second kappa shape index (κ2) is 8.00. The van der Waals surface area contributed by atoms with Gasteiger partial charge in [-0.2, -0.15) is 5.10 Å². The highest BCUT2D eigenvalue weighted by Gasteiger charge is 2.07. The normalized spacial score (nSPS) is 10.3. The minimum absolute atomic E-state index is 0.437. The average Bonchev–Trinajstić information content (AvgIpc) is 3.04. The zero-order valence-electron chi connectivity index (χ0n) is 13.6. The molecule has 0 atom stereocenters. The molecule has 0 amide bonds. The maximum Gasteiger partial charge on any atom is 0.176 e. The van der Waals surface area contributed by atoms with Gasteiger partial charge in [-0.15, -0.1) is 0 Å². The third-order valence-corrected chi connectivity index (χ3v) is 4.10. The highest BCUT2D eigenvalue weighted by atomic mass is 35.5. The quantitative estimate of drug-likeness (QED) is 0.650. The maximum absolute atomic E-state index is 6.18. The average molecular weight is 373 g/mol. The fourth-order valence-corrected chi connectivity index (χ4v) is 2.75. The number of nitrogens with zero attached hydrogens (tertiary/aromatic N) is 2. The summed E-state index contributed by atoms with van der Waals surface area (Å²) >= 11 is 11.5. The van der Waals surface area contributed by atoms with Crippen LogP contribution in [0.5, 0.6) is 5.75 Å². The number of methoxy groups -OCH3 is 1. The van der Waals surface area contributed by atoms with Crippen molar-refractivity contribution in [3.8, 4) is 5.75 Å². The van der Waals surface area contributed by atoms with Crippen LogP contribution in [-0.4, -0.2) is 22.0 Å². The number of hydrogen-bond donors (Lipinski definition) is 2. The molecule has 0 bridgehead atoms. The van der Waals surface area contributed by atoms with Gasteiger partial charge in [0.15, 0.2) is 10.9 Å². The third-order valence-electron chi connectivity index (χ3n) is 3.53. The van der Waals surface area contributed by atoms with E-state index in [9.17, 15) is 0 Å². The Morgan fingerprint density at radius 1 is 1.12 bits per heavy atom. The lowest BCUT2D eigenvalue weighted by atomic mass is 10.2. The van der Waals surface area contributed by atoms with E-state index in [1.165, 1.54) is 0 Å². The molecule has 0 saturated carbocycles. The van der Waals surface area contributed by atoms with Crippen molar-refractivity contribution in [3.05, 3.63) is 71.4 Å². The summed E-state index contributed by atoms with van der Waals surface area (Å²) in [7, 11) is 1.62. The minimum Gasteiger partial charge on any atom is -0.495 e. The molecule has 1 heterocycles. The first-order chi connectivity index (χ1) is 12.2. The summed E-state index contributed by atoms with van der Waals surface area (Å²) in [6, 6.07) is 17.1. The van der Waals surface area contributed by atoms with Crippen LogP contribution >= 0.6 is 23.8 Å². The zero-order chi connectivity index (χ0) is 17.6. The standard InChI is InChI=1S/C18H17ClN4OS/c1-24-16-9-5-4-8-15(16)20-18(25)21-17-10-11-23(22-17)12-13-6-2-3-7-14(13)19/h2-11H,12H2,1H3,(H2,20,21,22,25). The van der Waals surface area contributed by atoms with Gasteiger partial charge in [0.05, 0.1) is 19.3 Å². The number of para-hydroxylation sites is 2. The molecule has 0 saturated heterocycles. The van der Waals surface area contributed by atoms with Gasteiger partial charge in [-0.3, -0.25) is 4.68 Å². The lowest BCUT2D eigenvalue weighted by Crippen LogP contribution is -2.20. The molecule has 3 rings (SSSR count). The molecule has 0 spiro atoms. The van der Waals surface area contributed by atoms with E-state index >= 15 is 0 Å². The first-order valence-electron chi connectivity index (χ1n) is 7.63. The predicted molar refractivity (Wildman–Crippen MR) is 106 cm³/mol. The van der Waals surface area contributed by atoms with Crippen molar-refractivity contribution in [1.82, 2.24) is 9.78 Å². The minimum atomic E-state index is 0.437. The van der Waals surface area contributed by atoms with Gasteiger partial charge in [0.1, 0.15) is 5.75 Å². The summed E-state index contributed by atoms with van der Waals surface area (Å²) in [4.78, 5) is 0. The lowest BCUT2D eigenvalue weighted by Gasteiger charge is -2.12. The van der Waals surface area contributed by atoms with Crippen LogP contribution in [0.25, 0.3) is 0 Å². The molecule has 3 aromatic rings. The Kier molecular flexibility index (Phi) is 5.53. The molecule has 2 N–H and O–H groups in total. The van der Waals surface area contributed by atoms with Gasteiger partial charge < -0.3 is 15.4 Å². The Hall–Kier alpha value is -2.57. The van der Waals surface area contributed by atoms with E-state index in [-0.39, 0.29) is 0 Å². The molecule has 7 heteroatoms. The summed E-state index contributed by atoms with van der Waals surface area (Å²) in [5, 5.41) is 11.8. The summed E-state index contributed by atoms with van der Waals surface area (Å²) in [6.07, 6.45) is 1.87. The fraction of sp³-hybridized carbons (Fsp3) is 0.111. The number of ether oxygens (including phenoxy) is 1. The highest BCUT2D eigenvalue weighted by Crippen LogP contribution is 2.23. The molecule has 5 nitrogen and oxygen atoms in total. The van der Waals surface area contributed by atoms with E-state index in [1.807, 2.05) is 60.8 Å². The van der Waals surface area contributed by atoms with Crippen molar-refractivity contribution < 1.29 is 4.74 Å². The number of thiocarbonyl (C=S) groups is 1. The van der Waals surface area contributed by atoms with Gasteiger partial charge in [-0.25, -0.2) is 0 Å². The third kappa shape index (κ3) is 4.49. The van der Waals surface area contributed by atoms with Crippen molar-refractivity contribution in [2.24, 2.45) is 0 Å². The molecule has 128 valence electrons. The van der Waals surface area contributed by atoms with E-state index in [0.29, 0.717) is 17.5 Å². The molecule has 2 aromatic carbocycles. The monoisotopic (exact) mass is 372 g/mol. The second-order valence-electron chi connectivity index (χ2n) is 5.27. The van der Waals surface area contributed by atoms with Gasteiger partial charge in [-0.05, 0) is 36.0 Å². The number of hydrogen-bond acceptors (Lipinski definition) is 3. The molecule has 25 heavy (non-hydrogen) atoms. The molecule has 0 radical (unpaired) electrons. The Morgan fingerprint density at radius 3 is 2.68 bits per heavy atom. The molecule has 1 aromatic heterocycles. The van der Waals surface area contributed by atoms with Gasteiger partial charge in [0.25, 0.3) is 0 Å². The highest BCUT2D eigenvalue weighted by molar-refractivity contribution is 7.80. The van der Waals surface area contributed by atoms with Gasteiger partial charge >= 0.3 is 0 Å². The predicted octanol–water partition coefficient (Wildman–Crippen LogP) is 4.40.